The summed E-state index contributed by atoms with van der Waals surface area (Å²) in [5.41, 5.74) is 1.14. The second-order valence-corrected chi connectivity index (χ2v) is 5.80. The Balaban J connectivity index is 2.12. The molecule has 0 bridgehead atoms. The summed E-state index contributed by atoms with van der Waals surface area (Å²) >= 11 is 12.1. The highest BCUT2D eigenvalue weighted by molar-refractivity contribution is 6.42. The molecule has 5 heteroatoms. The summed E-state index contributed by atoms with van der Waals surface area (Å²) < 4.78 is 11.4. The molecule has 20 heavy (non-hydrogen) atoms. The van der Waals surface area contributed by atoms with Crippen molar-refractivity contribution in [3.8, 4) is 0 Å². The Morgan fingerprint density at radius 3 is 2.85 bits per heavy atom. The van der Waals surface area contributed by atoms with Gasteiger partial charge in [-0.25, -0.2) is 0 Å². The van der Waals surface area contributed by atoms with Crippen molar-refractivity contribution in [2.45, 2.75) is 31.3 Å². The first-order chi connectivity index (χ1) is 9.72. The normalized spacial score (nSPS) is 23.6. The maximum Gasteiger partial charge on any atom is 0.0876 e. The molecule has 2 atom stereocenters. The molecule has 1 saturated heterocycles. The molecule has 0 aliphatic carbocycles. The van der Waals surface area contributed by atoms with Crippen LogP contribution in [-0.4, -0.2) is 37.6 Å². The SMILES string of the molecule is OCCOC[C@@H]1OCCCC[C@H]1c1ccc(Cl)c(Cl)c1. The second-order valence-electron chi connectivity index (χ2n) is 4.98. The van der Waals surface area contributed by atoms with Crippen LogP contribution in [0.15, 0.2) is 18.2 Å². The van der Waals surface area contributed by atoms with E-state index in [1.165, 1.54) is 0 Å². The summed E-state index contributed by atoms with van der Waals surface area (Å²) in [6.45, 7) is 1.62. The highest BCUT2D eigenvalue weighted by atomic mass is 35.5. The van der Waals surface area contributed by atoms with E-state index in [9.17, 15) is 0 Å². The van der Waals surface area contributed by atoms with Crippen LogP contribution in [0.5, 0.6) is 0 Å². The van der Waals surface area contributed by atoms with Gasteiger partial charge in [0.05, 0.1) is 36.0 Å². The number of benzene rings is 1. The van der Waals surface area contributed by atoms with E-state index in [-0.39, 0.29) is 18.6 Å². The molecular weight excluding hydrogens is 299 g/mol. The third kappa shape index (κ3) is 4.34. The van der Waals surface area contributed by atoms with Gasteiger partial charge in [-0.3, -0.25) is 0 Å². The number of hydrogen-bond acceptors (Lipinski definition) is 3. The lowest BCUT2D eigenvalue weighted by molar-refractivity contribution is -0.0295. The molecule has 2 rings (SSSR count). The first-order valence-corrected chi connectivity index (χ1v) is 7.73. The van der Waals surface area contributed by atoms with E-state index < -0.39 is 0 Å². The third-order valence-electron chi connectivity index (χ3n) is 3.58. The van der Waals surface area contributed by atoms with Crippen LogP contribution in [0.25, 0.3) is 0 Å². The largest absolute Gasteiger partial charge is 0.394 e. The third-order valence-corrected chi connectivity index (χ3v) is 4.32. The van der Waals surface area contributed by atoms with Crippen LogP contribution < -0.4 is 0 Å². The first-order valence-electron chi connectivity index (χ1n) is 6.97. The van der Waals surface area contributed by atoms with Crippen LogP contribution >= 0.6 is 23.2 Å². The van der Waals surface area contributed by atoms with Crippen molar-refractivity contribution in [2.75, 3.05) is 26.4 Å². The molecule has 1 fully saturated rings. The number of ether oxygens (including phenoxy) is 2. The van der Waals surface area contributed by atoms with Crippen LogP contribution in [-0.2, 0) is 9.47 Å². The van der Waals surface area contributed by atoms with Gasteiger partial charge in [0.2, 0.25) is 0 Å². The molecule has 0 amide bonds. The van der Waals surface area contributed by atoms with E-state index in [4.69, 9.17) is 37.8 Å². The first kappa shape index (κ1) is 16.1. The van der Waals surface area contributed by atoms with Crippen molar-refractivity contribution in [1.82, 2.24) is 0 Å². The van der Waals surface area contributed by atoms with E-state index >= 15 is 0 Å². The van der Waals surface area contributed by atoms with Gasteiger partial charge in [-0.05, 0) is 30.5 Å². The summed E-state index contributed by atoms with van der Waals surface area (Å²) in [6.07, 6.45) is 3.24. The second kappa shape index (κ2) is 8.20. The fourth-order valence-corrected chi connectivity index (χ4v) is 2.86. The average molecular weight is 319 g/mol. The van der Waals surface area contributed by atoms with Crippen molar-refractivity contribution < 1.29 is 14.6 Å². The van der Waals surface area contributed by atoms with E-state index in [0.29, 0.717) is 23.3 Å². The molecule has 1 aromatic rings. The van der Waals surface area contributed by atoms with Crippen LogP contribution in [0.2, 0.25) is 10.0 Å². The average Bonchev–Trinajstić information content (AvgIpc) is 2.68. The molecular formula is C15H20Cl2O3. The monoisotopic (exact) mass is 318 g/mol. The molecule has 1 aromatic carbocycles. The minimum Gasteiger partial charge on any atom is -0.394 e. The van der Waals surface area contributed by atoms with Crippen molar-refractivity contribution in [3.05, 3.63) is 33.8 Å². The zero-order chi connectivity index (χ0) is 14.4. The Labute approximate surface area is 129 Å². The van der Waals surface area contributed by atoms with Gasteiger partial charge in [0.1, 0.15) is 0 Å². The molecule has 0 spiro atoms. The van der Waals surface area contributed by atoms with E-state index in [2.05, 4.69) is 0 Å². The minimum atomic E-state index is 0.00120. The van der Waals surface area contributed by atoms with Crippen molar-refractivity contribution in [2.24, 2.45) is 0 Å². The van der Waals surface area contributed by atoms with Gasteiger partial charge in [0, 0.05) is 12.5 Å². The number of halogens is 2. The molecule has 112 valence electrons. The molecule has 0 saturated carbocycles. The molecule has 1 heterocycles. The van der Waals surface area contributed by atoms with Crippen LogP contribution in [0.4, 0.5) is 0 Å². The number of rotatable bonds is 5. The molecule has 0 aromatic heterocycles. The molecule has 0 unspecified atom stereocenters. The highest BCUT2D eigenvalue weighted by Crippen LogP contribution is 2.34. The molecule has 0 radical (unpaired) electrons. The van der Waals surface area contributed by atoms with E-state index in [1.807, 2.05) is 18.2 Å². The quantitative estimate of drug-likeness (QED) is 0.842. The maximum atomic E-state index is 8.80. The summed E-state index contributed by atoms with van der Waals surface area (Å²) in [7, 11) is 0. The summed E-state index contributed by atoms with van der Waals surface area (Å²) in [6, 6.07) is 5.75. The summed E-state index contributed by atoms with van der Waals surface area (Å²) in [5.74, 6) is 0.256. The zero-order valence-electron chi connectivity index (χ0n) is 11.4. The standard InChI is InChI=1S/C15H20Cl2O3/c16-13-5-4-11(9-14(13)17)12-3-1-2-7-20-15(12)10-19-8-6-18/h4-5,9,12,15,18H,1-3,6-8,10H2/t12-,15-/m0/s1. The van der Waals surface area contributed by atoms with Crippen LogP contribution in [0.3, 0.4) is 0 Å². The topological polar surface area (TPSA) is 38.7 Å². The van der Waals surface area contributed by atoms with Crippen molar-refractivity contribution in [1.29, 1.82) is 0 Å². The van der Waals surface area contributed by atoms with E-state index in [0.717, 1.165) is 31.4 Å². The predicted octanol–water partition coefficient (Wildman–Crippen LogP) is 3.66. The van der Waals surface area contributed by atoms with Gasteiger partial charge in [-0.2, -0.15) is 0 Å². The Hall–Kier alpha value is -0.320. The molecule has 1 aliphatic rings. The summed E-state index contributed by atoms with van der Waals surface area (Å²) in [4.78, 5) is 0. The molecule has 3 nitrogen and oxygen atoms in total. The Morgan fingerprint density at radius 1 is 1.25 bits per heavy atom. The van der Waals surface area contributed by atoms with Crippen molar-refractivity contribution >= 4 is 23.2 Å². The Bertz CT molecular complexity index is 426. The number of aliphatic hydroxyl groups excluding tert-OH is 1. The van der Waals surface area contributed by atoms with Gasteiger partial charge >= 0.3 is 0 Å². The zero-order valence-corrected chi connectivity index (χ0v) is 12.9. The minimum absolute atomic E-state index is 0.00120. The van der Waals surface area contributed by atoms with Gasteiger partial charge in [0.15, 0.2) is 0 Å². The fraction of sp³-hybridized carbons (Fsp3) is 0.600. The van der Waals surface area contributed by atoms with Gasteiger partial charge in [-0.1, -0.05) is 35.7 Å². The lowest BCUT2D eigenvalue weighted by Crippen LogP contribution is -2.27. The number of hydrogen-bond donors (Lipinski definition) is 1. The molecule has 1 aliphatic heterocycles. The number of aliphatic hydroxyl groups is 1. The van der Waals surface area contributed by atoms with Crippen molar-refractivity contribution in [3.63, 3.8) is 0 Å². The predicted molar refractivity (Wildman–Crippen MR) is 80.7 cm³/mol. The van der Waals surface area contributed by atoms with Crippen LogP contribution in [0.1, 0.15) is 30.7 Å². The summed E-state index contributed by atoms with van der Waals surface area (Å²) in [5, 5.41) is 9.94. The van der Waals surface area contributed by atoms with Gasteiger partial charge in [0.25, 0.3) is 0 Å². The maximum absolute atomic E-state index is 8.80. The lowest BCUT2D eigenvalue weighted by Gasteiger charge is -2.25. The van der Waals surface area contributed by atoms with Gasteiger partial charge in [-0.15, -0.1) is 0 Å². The fourth-order valence-electron chi connectivity index (χ4n) is 2.56. The Morgan fingerprint density at radius 2 is 2.10 bits per heavy atom. The van der Waals surface area contributed by atoms with Gasteiger partial charge < -0.3 is 14.6 Å². The Kier molecular flexibility index (Phi) is 6.59. The van der Waals surface area contributed by atoms with Crippen LogP contribution in [0, 0.1) is 0 Å². The lowest BCUT2D eigenvalue weighted by atomic mass is 9.89. The smallest absolute Gasteiger partial charge is 0.0876 e. The molecule has 1 N–H and O–H groups in total. The highest BCUT2D eigenvalue weighted by Gasteiger charge is 2.26. The van der Waals surface area contributed by atoms with E-state index in [1.54, 1.807) is 0 Å².